The van der Waals surface area contributed by atoms with Crippen molar-refractivity contribution in [2.75, 3.05) is 19.7 Å². The molecular formula is C25H27NO4S. The maximum absolute atomic E-state index is 12.5. The van der Waals surface area contributed by atoms with Crippen LogP contribution in [0, 0.1) is 6.92 Å². The summed E-state index contributed by atoms with van der Waals surface area (Å²) in [6, 6.07) is 24.5. The number of ether oxygens (including phenoxy) is 1. The molecule has 0 N–H and O–H groups in total. The van der Waals surface area contributed by atoms with Gasteiger partial charge in [-0.15, -0.1) is 0 Å². The average molecular weight is 438 g/mol. The standard InChI is InChI=1S/C25H27NO4S/c1-19-8-14-24(15-9-19)31(27,28)30-23-12-10-22(11-13-23)25-18-26(16-17-29-25)20(2)21-6-4-3-5-7-21/h3-15,20,25H,16-18H2,1-2H3/t20-,25+/m0/s1. The summed E-state index contributed by atoms with van der Waals surface area (Å²) in [7, 11) is -3.86. The molecule has 2 atom stereocenters. The molecule has 0 saturated carbocycles. The first kappa shape index (κ1) is 21.6. The van der Waals surface area contributed by atoms with Crippen molar-refractivity contribution < 1.29 is 17.3 Å². The number of benzene rings is 3. The van der Waals surface area contributed by atoms with Crippen LogP contribution in [0.3, 0.4) is 0 Å². The van der Waals surface area contributed by atoms with Crippen molar-refractivity contribution in [1.29, 1.82) is 0 Å². The molecule has 0 unspecified atom stereocenters. The van der Waals surface area contributed by atoms with Crippen LogP contribution in [0.5, 0.6) is 5.75 Å². The number of hydrogen-bond acceptors (Lipinski definition) is 5. The number of hydrogen-bond donors (Lipinski definition) is 0. The van der Waals surface area contributed by atoms with Gasteiger partial charge in [0.2, 0.25) is 0 Å². The van der Waals surface area contributed by atoms with Gasteiger partial charge < -0.3 is 8.92 Å². The Morgan fingerprint density at radius 2 is 1.65 bits per heavy atom. The van der Waals surface area contributed by atoms with E-state index in [0.717, 1.165) is 24.2 Å². The Hall–Kier alpha value is -2.67. The maximum Gasteiger partial charge on any atom is 0.339 e. The number of rotatable bonds is 6. The molecule has 3 aromatic carbocycles. The van der Waals surface area contributed by atoms with Crippen LogP contribution < -0.4 is 4.18 Å². The van der Waals surface area contributed by atoms with Gasteiger partial charge in [-0.2, -0.15) is 8.42 Å². The molecule has 0 spiro atoms. The zero-order valence-corrected chi connectivity index (χ0v) is 18.6. The van der Waals surface area contributed by atoms with Crippen LogP contribution in [0.25, 0.3) is 0 Å². The van der Waals surface area contributed by atoms with E-state index in [1.54, 1.807) is 36.4 Å². The van der Waals surface area contributed by atoms with Crippen LogP contribution in [0.4, 0.5) is 0 Å². The third-order valence-electron chi connectivity index (χ3n) is 5.70. The summed E-state index contributed by atoms with van der Waals surface area (Å²) in [5.41, 5.74) is 3.28. The Kier molecular flexibility index (Phi) is 6.41. The fraction of sp³-hybridized carbons (Fsp3) is 0.280. The van der Waals surface area contributed by atoms with Crippen molar-refractivity contribution in [1.82, 2.24) is 4.90 Å². The normalized spacial score (nSPS) is 18.5. The first-order valence-electron chi connectivity index (χ1n) is 10.4. The summed E-state index contributed by atoms with van der Waals surface area (Å²) in [5.74, 6) is 0.287. The first-order chi connectivity index (χ1) is 14.9. The molecule has 1 aliphatic rings. The third-order valence-corrected chi connectivity index (χ3v) is 6.96. The second-order valence-corrected chi connectivity index (χ2v) is 9.41. The minimum Gasteiger partial charge on any atom is -0.379 e. The lowest BCUT2D eigenvalue weighted by Crippen LogP contribution is -2.39. The van der Waals surface area contributed by atoms with E-state index in [0.29, 0.717) is 12.6 Å². The maximum atomic E-state index is 12.5. The van der Waals surface area contributed by atoms with E-state index in [1.807, 2.05) is 25.1 Å². The van der Waals surface area contributed by atoms with Gasteiger partial charge >= 0.3 is 10.1 Å². The van der Waals surface area contributed by atoms with Gasteiger partial charge in [0.05, 0.1) is 12.7 Å². The number of aryl methyl sites for hydroxylation is 1. The lowest BCUT2D eigenvalue weighted by molar-refractivity contribution is -0.0431. The molecule has 0 radical (unpaired) electrons. The van der Waals surface area contributed by atoms with Gasteiger partial charge in [0, 0.05) is 19.1 Å². The van der Waals surface area contributed by atoms with Crippen LogP contribution >= 0.6 is 0 Å². The zero-order valence-electron chi connectivity index (χ0n) is 17.8. The SMILES string of the molecule is Cc1ccc(S(=O)(=O)Oc2ccc([C@H]3CN([C@@H](C)c4ccccc4)CCO3)cc2)cc1. The molecule has 1 heterocycles. The Morgan fingerprint density at radius 3 is 2.32 bits per heavy atom. The van der Waals surface area contributed by atoms with Crippen molar-refractivity contribution in [2.45, 2.75) is 30.9 Å². The summed E-state index contributed by atoms with van der Waals surface area (Å²) in [6.07, 6.45) is -0.0670. The van der Waals surface area contributed by atoms with Crippen molar-refractivity contribution in [3.05, 3.63) is 95.6 Å². The van der Waals surface area contributed by atoms with E-state index in [2.05, 4.69) is 36.1 Å². The lowest BCUT2D eigenvalue weighted by atomic mass is 10.0. The van der Waals surface area contributed by atoms with Crippen molar-refractivity contribution in [3.63, 3.8) is 0 Å². The summed E-state index contributed by atoms with van der Waals surface area (Å²) in [4.78, 5) is 2.55. The molecule has 1 saturated heterocycles. The Balaban J connectivity index is 1.43. The summed E-state index contributed by atoms with van der Waals surface area (Å²) < 4.78 is 36.3. The summed E-state index contributed by atoms with van der Waals surface area (Å²) >= 11 is 0. The van der Waals surface area contributed by atoms with Crippen molar-refractivity contribution >= 4 is 10.1 Å². The molecule has 5 nitrogen and oxygen atoms in total. The molecule has 0 bridgehead atoms. The number of nitrogens with zero attached hydrogens (tertiary/aromatic N) is 1. The lowest BCUT2D eigenvalue weighted by Gasteiger charge is -2.37. The molecule has 1 aliphatic heterocycles. The fourth-order valence-corrected chi connectivity index (χ4v) is 4.71. The Morgan fingerprint density at radius 1 is 0.968 bits per heavy atom. The molecule has 0 aromatic heterocycles. The Bertz CT molecular complexity index is 1100. The summed E-state index contributed by atoms with van der Waals surface area (Å²) in [5, 5.41) is 0. The van der Waals surface area contributed by atoms with E-state index >= 15 is 0 Å². The minimum absolute atomic E-state index is 0.0670. The average Bonchev–Trinajstić information content (AvgIpc) is 2.80. The Labute approximate surface area is 184 Å². The number of morpholine rings is 1. The largest absolute Gasteiger partial charge is 0.379 e. The fourth-order valence-electron chi connectivity index (χ4n) is 3.78. The predicted octanol–water partition coefficient (Wildman–Crippen LogP) is 4.90. The third kappa shape index (κ3) is 5.15. The van der Waals surface area contributed by atoms with Gasteiger partial charge in [-0.3, -0.25) is 4.90 Å². The highest BCUT2D eigenvalue weighted by Crippen LogP contribution is 2.30. The molecule has 4 rings (SSSR count). The van der Waals surface area contributed by atoms with Gasteiger partial charge in [0.15, 0.2) is 0 Å². The monoisotopic (exact) mass is 437 g/mol. The highest BCUT2D eigenvalue weighted by atomic mass is 32.2. The second-order valence-electron chi connectivity index (χ2n) is 7.86. The first-order valence-corrected chi connectivity index (χ1v) is 11.8. The van der Waals surface area contributed by atoms with Crippen LogP contribution in [-0.2, 0) is 14.9 Å². The van der Waals surface area contributed by atoms with E-state index in [9.17, 15) is 8.42 Å². The second kappa shape index (κ2) is 9.22. The van der Waals surface area contributed by atoms with Crippen molar-refractivity contribution in [3.8, 4) is 5.75 Å². The highest BCUT2D eigenvalue weighted by Gasteiger charge is 2.26. The quantitative estimate of drug-likeness (QED) is 0.514. The van der Waals surface area contributed by atoms with Crippen molar-refractivity contribution in [2.24, 2.45) is 0 Å². The molecule has 162 valence electrons. The highest BCUT2D eigenvalue weighted by molar-refractivity contribution is 7.87. The summed E-state index contributed by atoms with van der Waals surface area (Å²) in [6.45, 7) is 6.43. The van der Waals surface area contributed by atoms with Gasteiger partial charge in [0.1, 0.15) is 10.6 Å². The van der Waals surface area contributed by atoms with E-state index in [4.69, 9.17) is 8.92 Å². The van der Waals surface area contributed by atoms with Gasteiger partial charge in [-0.25, -0.2) is 0 Å². The van der Waals surface area contributed by atoms with Crippen LogP contribution in [0.2, 0.25) is 0 Å². The smallest absolute Gasteiger partial charge is 0.339 e. The van der Waals surface area contributed by atoms with E-state index in [1.165, 1.54) is 5.56 Å². The van der Waals surface area contributed by atoms with Gasteiger partial charge in [0.25, 0.3) is 0 Å². The molecule has 0 aliphatic carbocycles. The van der Waals surface area contributed by atoms with E-state index < -0.39 is 10.1 Å². The van der Waals surface area contributed by atoms with Crippen LogP contribution in [0.1, 0.15) is 35.8 Å². The molecule has 3 aromatic rings. The van der Waals surface area contributed by atoms with E-state index in [-0.39, 0.29) is 16.7 Å². The zero-order chi connectivity index (χ0) is 21.8. The van der Waals surface area contributed by atoms with Crippen LogP contribution in [-0.4, -0.2) is 33.0 Å². The topological polar surface area (TPSA) is 55.8 Å². The molecular weight excluding hydrogens is 410 g/mol. The molecule has 31 heavy (non-hydrogen) atoms. The molecule has 6 heteroatoms. The molecule has 1 fully saturated rings. The van der Waals surface area contributed by atoms with Gasteiger partial charge in [-0.05, 0) is 49.2 Å². The van der Waals surface area contributed by atoms with Gasteiger partial charge in [-0.1, -0.05) is 60.2 Å². The molecule has 0 amide bonds. The van der Waals surface area contributed by atoms with Crippen LogP contribution in [0.15, 0.2) is 83.8 Å². The predicted molar refractivity (Wildman–Crippen MR) is 121 cm³/mol. The minimum atomic E-state index is -3.86.